The van der Waals surface area contributed by atoms with E-state index in [1.54, 1.807) is 18.2 Å². The van der Waals surface area contributed by atoms with E-state index in [-0.39, 0.29) is 6.10 Å². The van der Waals surface area contributed by atoms with Gasteiger partial charge in [-0.05, 0) is 37.6 Å². The third-order valence-electron chi connectivity index (χ3n) is 2.40. The van der Waals surface area contributed by atoms with E-state index in [0.29, 0.717) is 16.3 Å². The molecule has 1 aromatic carbocycles. The van der Waals surface area contributed by atoms with Gasteiger partial charge in [0, 0.05) is 16.7 Å². The highest BCUT2D eigenvalue weighted by Crippen LogP contribution is 2.25. The highest BCUT2D eigenvalue weighted by Gasteiger charge is 2.07. The summed E-state index contributed by atoms with van der Waals surface area (Å²) in [5.41, 5.74) is 0.674. The fourth-order valence-electron chi connectivity index (χ4n) is 1.60. The molecule has 18 heavy (non-hydrogen) atoms. The molecule has 0 radical (unpaired) electrons. The summed E-state index contributed by atoms with van der Waals surface area (Å²) in [4.78, 5) is 10.5. The van der Waals surface area contributed by atoms with Gasteiger partial charge in [0.15, 0.2) is 0 Å². The summed E-state index contributed by atoms with van der Waals surface area (Å²) in [5.74, 6) is -0.347. The summed E-state index contributed by atoms with van der Waals surface area (Å²) in [5, 5.41) is 9.19. The van der Waals surface area contributed by atoms with E-state index in [9.17, 15) is 4.79 Å². The van der Waals surface area contributed by atoms with Crippen LogP contribution in [-0.2, 0) is 4.79 Å². The lowest BCUT2D eigenvalue weighted by atomic mass is 10.1. The number of hydrogen-bond acceptors (Lipinski definition) is 2. The fourth-order valence-corrected chi connectivity index (χ4v) is 1.78. The van der Waals surface area contributed by atoms with Crippen molar-refractivity contribution < 1.29 is 14.6 Å². The van der Waals surface area contributed by atoms with Crippen molar-refractivity contribution in [2.24, 2.45) is 0 Å². The summed E-state index contributed by atoms with van der Waals surface area (Å²) in [6.07, 6.45) is 4.64. The molecule has 0 spiro atoms. The number of carboxylic acid groups (broad SMARTS) is 1. The molecule has 0 amide bonds. The van der Waals surface area contributed by atoms with E-state index in [2.05, 4.69) is 6.92 Å². The zero-order chi connectivity index (χ0) is 13.5. The highest BCUT2D eigenvalue weighted by atomic mass is 35.5. The maximum Gasteiger partial charge on any atom is 0.328 e. The first-order valence-electron chi connectivity index (χ1n) is 5.90. The second-order valence-electron chi connectivity index (χ2n) is 4.07. The Hall–Kier alpha value is -1.48. The van der Waals surface area contributed by atoms with E-state index in [1.807, 2.05) is 6.92 Å². The van der Waals surface area contributed by atoms with Gasteiger partial charge in [-0.25, -0.2) is 4.79 Å². The predicted octanol–water partition coefficient (Wildman–Crippen LogP) is 4.01. The van der Waals surface area contributed by atoms with Gasteiger partial charge in [-0.15, -0.1) is 0 Å². The number of aliphatic carboxylic acids is 1. The molecule has 1 N–H and O–H groups in total. The summed E-state index contributed by atoms with van der Waals surface area (Å²) in [6.45, 7) is 4.08. The van der Waals surface area contributed by atoms with Crippen LogP contribution in [0.1, 0.15) is 32.3 Å². The highest BCUT2D eigenvalue weighted by molar-refractivity contribution is 6.30. The minimum absolute atomic E-state index is 0.0909. The summed E-state index contributed by atoms with van der Waals surface area (Å²) >= 11 is 5.89. The molecule has 3 nitrogen and oxygen atoms in total. The van der Waals surface area contributed by atoms with Crippen LogP contribution in [0.5, 0.6) is 5.75 Å². The number of rotatable bonds is 6. The largest absolute Gasteiger partial charge is 0.490 e. The number of benzene rings is 1. The molecular formula is C14H17ClO3. The van der Waals surface area contributed by atoms with Gasteiger partial charge in [-0.1, -0.05) is 24.9 Å². The van der Waals surface area contributed by atoms with E-state index in [1.165, 1.54) is 6.08 Å². The van der Waals surface area contributed by atoms with Crippen LogP contribution in [0.25, 0.3) is 6.08 Å². The van der Waals surface area contributed by atoms with Crippen molar-refractivity contribution in [2.75, 3.05) is 0 Å². The van der Waals surface area contributed by atoms with Crippen molar-refractivity contribution in [1.82, 2.24) is 0 Å². The van der Waals surface area contributed by atoms with Crippen LogP contribution in [0.4, 0.5) is 0 Å². The molecule has 1 rings (SSSR count). The second kappa shape index (κ2) is 7.07. The first kappa shape index (κ1) is 14.6. The minimum Gasteiger partial charge on any atom is -0.490 e. The molecule has 0 aliphatic heterocycles. The summed E-state index contributed by atoms with van der Waals surface area (Å²) in [7, 11) is 0. The smallest absolute Gasteiger partial charge is 0.328 e. The molecule has 1 aromatic rings. The first-order chi connectivity index (χ1) is 8.52. The van der Waals surface area contributed by atoms with Crippen LogP contribution in [0, 0.1) is 0 Å². The average molecular weight is 269 g/mol. The van der Waals surface area contributed by atoms with Crippen LogP contribution in [0.15, 0.2) is 24.3 Å². The Morgan fingerprint density at radius 1 is 1.56 bits per heavy atom. The van der Waals surface area contributed by atoms with Crippen molar-refractivity contribution in [3.63, 3.8) is 0 Å². The topological polar surface area (TPSA) is 46.5 Å². The second-order valence-corrected chi connectivity index (χ2v) is 4.51. The molecule has 0 saturated carbocycles. The Balaban J connectivity index is 2.92. The van der Waals surface area contributed by atoms with Gasteiger partial charge in [0.1, 0.15) is 5.75 Å². The molecule has 1 atom stereocenters. The van der Waals surface area contributed by atoms with Crippen molar-refractivity contribution in [3.05, 3.63) is 34.9 Å². The Kier molecular flexibility index (Phi) is 5.72. The molecule has 0 aliphatic carbocycles. The van der Waals surface area contributed by atoms with E-state index in [0.717, 1.165) is 18.9 Å². The van der Waals surface area contributed by atoms with Gasteiger partial charge in [0.25, 0.3) is 0 Å². The SMILES string of the molecule is CCCC(C)Oc1ccc(Cl)cc1/C=C/C(=O)O. The van der Waals surface area contributed by atoms with Crippen molar-refractivity contribution in [1.29, 1.82) is 0 Å². The lowest BCUT2D eigenvalue weighted by molar-refractivity contribution is -0.131. The minimum atomic E-state index is -0.998. The third-order valence-corrected chi connectivity index (χ3v) is 2.64. The van der Waals surface area contributed by atoms with E-state index < -0.39 is 5.97 Å². The molecule has 1 unspecified atom stereocenters. The molecule has 0 aromatic heterocycles. The van der Waals surface area contributed by atoms with Crippen LogP contribution in [0.2, 0.25) is 5.02 Å². The number of halogens is 1. The van der Waals surface area contributed by atoms with Crippen LogP contribution >= 0.6 is 11.6 Å². The van der Waals surface area contributed by atoms with Gasteiger partial charge in [-0.2, -0.15) is 0 Å². The molecule has 98 valence electrons. The Labute approximate surface area is 112 Å². The van der Waals surface area contributed by atoms with Crippen molar-refractivity contribution >= 4 is 23.6 Å². The van der Waals surface area contributed by atoms with Gasteiger partial charge < -0.3 is 9.84 Å². The zero-order valence-corrected chi connectivity index (χ0v) is 11.3. The Bertz CT molecular complexity index is 441. The number of carboxylic acids is 1. The molecule has 4 heteroatoms. The predicted molar refractivity (Wildman–Crippen MR) is 73.1 cm³/mol. The van der Waals surface area contributed by atoms with E-state index in [4.69, 9.17) is 21.4 Å². The van der Waals surface area contributed by atoms with E-state index >= 15 is 0 Å². The van der Waals surface area contributed by atoms with Gasteiger partial charge in [0.2, 0.25) is 0 Å². The number of hydrogen-bond donors (Lipinski definition) is 1. The number of ether oxygens (including phenoxy) is 1. The molecule has 0 bridgehead atoms. The normalized spacial score (nSPS) is 12.6. The molecule has 0 saturated heterocycles. The quantitative estimate of drug-likeness (QED) is 0.793. The number of carbonyl (C=O) groups is 1. The summed E-state index contributed by atoms with van der Waals surface area (Å²) < 4.78 is 5.77. The van der Waals surface area contributed by atoms with Crippen LogP contribution in [0.3, 0.4) is 0 Å². The Morgan fingerprint density at radius 3 is 2.89 bits per heavy atom. The first-order valence-corrected chi connectivity index (χ1v) is 6.28. The lowest BCUT2D eigenvalue weighted by Gasteiger charge is -2.15. The van der Waals surface area contributed by atoms with Gasteiger partial charge in [-0.3, -0.25) is 0 Å². The van der Waals surface area contributed by atoms with Crippen LogP contribution in [-0.4, -0.2) is 17.2 Å². The molecule has 0 fully saturated rings. The molecule has 0 heterocycles. The fraction of sp³-hybridized carbons (Fsp3) is 0.357. The van der Waals surface area contributed by atoms with Crippen molar-refractivity contribution in [3.8, 4) is 5.75 Å². The lowest BCUT2D eigenvalue weighted by Crippen LogP contribution is -2.11. The maximum atomic E-state index is 10.5. The third kappa shape index (κ3) is 4.80. The standard InChI is InChI=1S/C14H17ClO3/c1-3-4-10(2)18-13-7-6-12(15)9-11(13)5-8-14(16)17/h5-10H,3-4H2,1-2H3,(H,16,17)/b8-5+. The Morgan fingerprint density at radius 2 is 2.28 bits per heavy atom. The molecule has 0 aliphatic rings. The van der Waals surface area contributed by atoms with Crippen molar-refractivity contribution in [2.45, 2.75) is 32.8 Å². The van der Waals surface area contributed by atoms with Gasteiger partial charge >= 0.3 is 5.97 Å². The summed E-state index contributed by atoms with van der Waals surface area (Å²) in [6, 6.07) is 5.18. The monoisotopic (exact) mass is 268 g/mol. The molecular weight excluding hydrogens is 252 g/mol. The maximum absolute atomic E-state index is 10.5. The van der Waals surface area contributed by atoms with Gasteiger partial charge in [0.05, 0.1) is 6.10 Å². The average Bonchev–Trinajstić information content (AvgIpc) is 2.29. The van der Waals surface area contributed by atoms with Crippen LogP contribution < -0.4 is 4.74 Å². The zero-order valence-electron chi connectivity index (χ0n) is 10.5.